The molecule has 2 aliphatic carbocycles. The number of rotatable bonds is 5. The van der Waals surface area contributed by atoms with Crippen molar-refractivity contribution in [2.45, 2.75) is 43.2 Å². The molecule has 2 aromatic carbocycles. The van der Waals surface area contributed by atoms with E-state index in [1.807, 2.05) is 30.3 Å². The molecule has 2 aliphatic rings. The smallest absolute Gasteiger partial charge is 0.294 e. The molecule has 0 amide bonds. The topological polar surface area (TPSA) is 68.2 Å². The van der Waals surface area contributed by atoms with E-state index in [1.165, 1.54) is 6.42 Å². The Labute approximate surface area is 168 Å². The Kier molecular flexibility index (Phi) is 4.41. The Bertz CT molecular complexity index is 1180. The number of nitrogens with zero attached hydrogens (tertiary/aromatic N) is 1. The normalized spacial score (nSPS) is 24.2. The molecule has 5 rings (SSSR count). The number of sulfonamides is 1. The van der Waals surface area contributed by atoms with E-state index in [4.69, 9.17) is 0 Å². The minimum absolute atomic E-state index is 0.0564. The largest absolute Gasteiger partial charge is 0.308 e. The molecule has 3 aromatic rings. The molecule has 1 aromatic heterocycles. The molecule has 28 heavy (non-hydrogen) atoms. The van der Waals surface area contributed by atoms with Gasteiger partial charge in [0.25, 0.3) is 0 Å². The molecule has 0 unspecified atom stereocenters. The monoisotopic (exact) mass is 414 g/mol. The quantitative estimate of drug-likeness (QED) is 0.694. The van der Waals surface area contributed by atoms with E-state index >= 15 is 0 Å². The van der Waals surface area contributed by atoms with Crippen LogP contribution in [0.5, 0.6) is 0 Å². The number of aromatic nitrogens is 1. The zero-order chi connectivity index (χ0) is 19.3. The van der Waals surface area contributed by atoms with Crippen LogP contribution in [0.2, 0.25) is 0 Å². The summed E-state index contributed by atoms with van der Waals surface area (Å²) in [5, 5.41) is 0. The summed E-state index contributed by atoms with van der Waals surface area (Å²) in [6.45, 7) is 0.481. The van der Waals surface area contributed by atoms with Crippen molar-refractivity contribution in [2.24, 2.45) is 11.8 Å². The first kappa shape index (κ1) is 18.1. The van der Waals surface area contributed by atoms with E-state index in [0.717, 1.165) is 41.7 Å². The van der Waals surface area contributed by atoms with E-state index in [2.05, 4.69) is 4.72 Å². The molecular weight excluding hydrogens is 392 g/mol. The Hall–Kier alpha value is -1.96. The molecular formula is C21H22N2O3S2. The molecule has 0 aliphatic heterocycles. The molecule has 1 heterocycles. The molecule has 2 saturated carbocycles. The average molecular weight is 415 g/mol. The fourth-order valence-electron chi connectivity index (χ4n) is 4.79. The van der Waals surface area contributed by atoms with Gasteiger partial charge < -0.3 is 0 Å². The fraction of sp³-hybridized carbons (Fsp3) is 0.381. The standard InChI is InChI=1S/C21H22N2O3S2/c24-21-23(13-14-4-2-1-3-5-14)19-9-8-17(12-20(19)27-21)28(25,26)22-18-11-15-6-7-16(18)10-15/h1-5,8-9,12,15-16,18,22H,6-7,10-11,13H2/t15-,16-,18-/m0/s1. The van der Waals surface area contributed by atoms with Gasteiger partial charge in [-0.1, -0.05) is 48.1 Å². The van der Waals surface area contributed by atoms with Crippen molar-refractivity contribution in [1.82, 2.24) is 9.29 Å². The van der Waals surface area contributed by atoms with Crippen LogP contribution in [-0.2, 0) is 16.6 Å². The summed E-state index contributed by atoms with van der Waals surface area (Å²) in [6.07, 6.45) is 4.46. The maximum Gasteiger partial charge on any atom is 0.308 e. The highest BCUT2D eigenvalue weighted by Crippen LogP contribution is 2.44. The average Bonchev–Trinajstić information content (AvgIpc) is 3.37. The summed E-state index contributed by atoms with van der Waals surface area (Å²) in [7, 11) is -3.57. The van der Waals surface area contributed by atoms with Crippen molar-refractivity contribution < 1.29 is 8.42 Å². The zero-order valence-corrected chi connectivity index (χ0v) is 17.0. The molecule has 146 valence electrons. The zero-order valence-electron chi connectivity index (χ0n) is 15.4. The van der Waals surface area contributed by atoms with Crippen molar-refractivity contribution in [3.8, 4) is 0 Å². The van der Waals surface area contributed by atoms with Gasteiger partial charge in [-0.3, -0.25) is 9.36 Å². The van der Waals surface area contributed by atoms with E-state index in [-0.39, 0.29) is 15.8 Å². The van der Waals surface area contributed by atoms with Crippen LogP contribution in [0.15, 0.2) is 58.2 Å². The van der Waals surface area contributed by atoms with E-state index in [0.29, 0.717) is 23.1 Å². The summed E-state index contributed by atoms with van der Waals surface area (Å²) in [6, 6.07) is 14.9. The lowest BCUT2D eigenvalue weighted by Crippen LogP contribution is -2.38. The minimum Gasteiger partial charge on any atom is -0.294 e. The molecule has 3 atom stereocenters. The Morgan fingerprint density at radius 3 is 2.61 bits per heavy atom. The lowest BCUT2D eigenvalue weighted by Gasteiger charge is -2.22. The number of hydrogen-bond donors (Lipinski definition) is 1. The van der Waals surface area contributed by atoms with Gasteiger partial charge in [0.05, 0.1) is 21.7 Å². The molecule has 5 nitrogen and oxygen atoms in total. The van der Waals surface area contributed by atoms with Gasteiger partial charge in [-0.2, -0.15) is 0 Å². The third-order valence-electron chi connectivity index (χ3n) is 6.18. The number of nitrogens with one attached hydrogen (secondary N) is 1. The first-order valence-corrected chi connectivity index (χ1v) is 12.0. The highest BCUT2D eigenvalue weighted by molar-refractivity contribution is 7.89. The minimum atomic E-state index is -3.57. The summed E-state index contributed by atoms with van der Waals surface area (Å²) >= 11 is 1.10. The fourth-order valence-corrected chi connectivity index (χ4v) is 7.13. The van der Waals surface area contributed by atoms with E-state index < -0.39 is 10.0 Å². The first-order chi connectivity index (χ1) is 13.5. The van der Waals surface area contributed by atoms with Crippen LogP contribution in [0, 0.1) is 11.8 Å². The summed E-state index contributed by atoms with van der Waals surface area (Å²) < 4.78 is 31.1. The predicted molar refractivity (Wildman–Crippen MR) is 111 cm³/mol. The van der Waals surface area contributed by atoms with Crippen LogP contribution in [0.1, 0.15) is 31.2 Å². The highest BCUT2D eigenvalue weighted by Gasteiger charge is 2.41. The van der Waals surface area contributed by atoms with E-state index in [1.54, 1.807) is 22.8 Å². The third kappa shape index (κ3) is 3.21. The second-order valence-corrected chi connectivity index (χ2v) is 10.7. The number of hydrogen-bond acceptors (Lipinski definition) is 4. The van der Waals surface area contributed by atoms with Gasteiger partial charge in [0.2, 0.25) is 10.0 Å². The predicted octanol–water partition coefficient (Wildman–Crippen LogP) is 3.58. The van der Waals surface area contributed by atoms with Gasteiger partial charge in [0, 0.05) is 6.04 Å². The lowest BCUT2D eigenvalue weighted by molar-refractivity contribution is 0.390. The van der Waals surface area contributed by atoms with Crippen molar-refractivity contribution in [2.75, 3.05) is 0 Å². The van der Waals surface area contributed by atoms with Gasteiger partial charge in [0.15, 0.2) is 0 Å². The summed E-state index contributed by atoms with van der Waals surface area (Å²) in [4.78, 5) is 12.7. The van der Waals surface area contributed by atoms with Crippen molar-refractivity contribution in [3.05, 3.63) is 63.8 Å². The van der Waals surface area contributed by atoms with Crippen LogP contribution >= 0.6 is 11.3 Å². The van der Waals surface area contributed by atoms with Crippen LogP contribution in [0.25, 0.3) is 10.2 Å². The Balaban J connectivity index is 1.44. The van der Waals surface area contributed by atoms with Crippen molar-refractivity contribution in [1.29, 1.82) is 0 Å². The lowest BCUT2D eigenvalue weighted by atomic mass is 9.96. The molecule has 0 spiro atoms. The molecule has 7 heteroatoms. The number of benzene rings is 2. The Morgan fingerprint density at radius 1 is 1.07 bits per heavy atom. The SMILES string of the molecule is O=c1sc2cc(S(=O)(=O)N[C@H]3C[C@H]4CC[C@H]3C4)ccc2n1Cc1ccccc1. The Morgan fingerprint density at radius 2 is 1.89 bits per heavy atom. The number of thiazole rings is 1. The summed E-state index contributed by atoms with van der Waals surface area (Å²) in [5.41, 5.74) is 1.82. The third-order valence-corrected chi connectivity index (χ3v) is 8.61. The second-order valence-electron chi connectivity index (χ2n) is 7.97. The summed E-state index contributed by atoms with van der Waals surface area (Å²) in [5.74, 6) is 1.16. The maximum absolute atomic E-state index is 12.9. The van der Waals surface area contributed by atoms with Crippen LogP contribution in [-0.4, -0.2) is 19.0 Å². The van der Waals surface area contributed by atoms with Crippen molar-refractivity contribution in [3.63, 3.8) is 0 Å². The molecule has 2 bridgehead atoms. The van der Waals surface area contributed by atoms with Gasteiger partial charge in [-0.05, 0) is 54.9 Å². The van der Waals surface area contributed by atoms with Gasteiger partial charge >= 0.3 is 4.87 Å². The van der Waals surface area contributed by atoms with Gasteiger partial charge in [-0.25, -0.2) is 13.1 Å². The van der Waals surface area contributed by atoms with E-state index in [9.17, 15) is 13.2 Å². The van der Waals surface area contributed by atoms with Gasteiger partial charge in [-0.15, -0.1) is 0 Å². The number of fused-ring (bicyclic) bond motifs is 3. The highest BCUT2D eigenvalue weighted by atomic mass is 32.2. The molecule has 2 fully saturated rings. The van der Waals surface area contributed by atoms with Gasteiger partial charge in [0.1, 0.15) is 0 Å². The van der Waals surface area contributed by atoms with Crippen molar-refractivity contribution >= 4 is 31.6 Å². The van der Waals surface area contributed by atoms with Crippen LogP contribution < -0.4 is 9.60 Å². The molecule has 0 saturated heterocycles. The molecule has 0 radical (unpaired) electrons. The first-order valence-electron chi connectivity index (χ1n) is 9.69. The second kappa shape index (κ2) is 6.83. The van der Waals surface area contributed by atoms with Crippen LogP contribution in [0.4, 0.5) is 0 Å². The molecule has 1 N–H and O–H groups in total. The maximum atomic E-state index is 12.9. The van der Waals surface area contributed by atoms with Crippen LogP contribution in [0.3, 0.4) is 0 Å².